The molecule has 0 radical (unpaired) electrons. The molecule has 2 aliphatic heterocycles. The Hall–Kier alpha value is -0.0800. The van der Waals surface area contributed by atoms with E-state index in [1.165, 1.54) is 58.0 Å². The van der Waals surface area contributed by atoms with E-state index in [-0.39, 0.29) is 0 Å². The van der Waals surface area contributed by atoms with Gasteiger partial charge < -0.3 is 5.32 Å². The first-order valence-corrected chi connectivity index (χ1v) is 8.56. The fourth-order valence-corrected chi connectivity index (χ4v) is 4.26. The minimum atomic E-state index is 0.434. The van der Waals surface area contributed by atoms with Crippen LogP contribution in [0.1, 0.15) is 72.6 Å². The summed E-state index contributed by atoms with van der Waals surface area (Å²) in [4.78, 5) is 2.73. The van der Waals surface area contributed by atoms with Crippen molar-refractivity contribution in [2.24, 2.45) is 5.92 Å². The van der Waals surface area contributed by atoms with Gasteiger partial charge >= 0.3 is 0 Å². The van der Waals surface area contributed by atoms with Crippen LogP contribution in [0.15, 0.2) is 0 Å². The van der Waals surface area contributed by atoms with Crippen LogP contribution < -0.4 is 5.32 Å². The molecule has 2 heterocycles. The Morgan fingerprint density at radius 1 is 1.16 bits per heavy atom. The highest BCUT2D eigenvalue weighted by Gasteiger charge is 2.36. The maximum Gasteiger partial charge on any atom is 0.0205 e. The van der Waals surface area contributed by atoms with Gasteiger partial charge in [-0.2, -0.15) is 0 Å². The lowest BCUT2D eigenvalue weighted by molar-refractivity contribution is 0.134. The van der Waals surface area contributed by atoms with E-state index in [2.05, 4.69) is 37.9 Å². The third-order valence-electron chi connectivity index (χ3n) is 5.64. The van der Waals surface area contributed by atoms with Crippen LogP contribution in [0.25, 0.3) is 0 Å². The minimum absolute atomic E-state index is 0.434. The van der Waals surface area contributed by atoms with Gasteiger partial charge in [0.15, 0.2) is 0 Å². The summed E-state index contributed by atoms with van der Waals surface area (Å²) < 4.78 is 0. The molecule has 0 saturated carbocycles. The molecule has 2 fully saturated rings. The molecule has 1 N–H and O–H groups in total. The molecule has 0 spiro atoms. The number of likely N-dealkylation sites (tertiary alicyclic amines) is 1. The highest BCUT2D eigenvalue weighted by atomic mass is 15.2. The Balaban J connectivity index is 1.91. The van der Waals surface area contributed by atoms with E-state index >= 15 is 0 Å². The van der Waals surface area contributed by atoms with E-state index in [0.29, 0.717) is 5.54 Å². The molecule has 19 heavy (non-hydrogen) atoms. The molecule has 0 aromatic rings. The molecular weight excluding hydrogens is 232 g/mol. The molecule has 0 aliphatic carbocycles. The lowest BCUT2D eigenvalue weighted by Crippen LogP contribution is -2.53. The van der Waals surface area contributed by atoms with Crippen LogP contribution in [-0.2, 0) is 0 Å². The summed E-state index contributed by atoms with van der Waals surface area (Å²) in [5.41, 5.74) is 0.434. The van der Waals surface area contributed by atoms with E-state index in [1.54, 1.807) is 0 Å². The van der Waals surface area contributed by atoms with Gasteiger partial charge in [-0.3, -0.25) is 4.90 Å². The van der Waals surface area contributed by atoms with E-state index < -0.39 is 0 Å². The summed E-state index contributed by atoms with van der Waals surface area (Å²) in [5.74, 6) is 0.765. The predicted molar refractivity (Wildman–Crippen MR) is 83.5 cm³/mol. The lowest BCUT2D eigenvalue weighted by atomic mass is 9.75. The van der Waals surface area contributed by atoms with Crippen LogP contribution in [0.3, 0.4) is 0 Å². The molecule has 2 aliphatic rings. The molecule has 2 atom stereocenters. The molecule has 2 rings (SSSR count). The van der Waals surface area contributed by atoms with E-state index in [9.17, 15) is 0 Å². The second kappa shape index (κ2) is 6.58. The average Bonchev–Trinajstić information content (AvgIpc) is 2.86. The molecule has 2 heteroatoms. The maximum absolute atomic E-state index is 3.88. The Labute approximate surface area is 120 Å². The van der Waals surface area contributed by atoms with Crippen molar-refractivity contribution in [2.75, 3.05) is 13.1 Å². The van der Waals surface area contributed by atoms with Crippen LogP contribution >= 0.6 is 0 Å². The number of hydrogen-bond donors (Lipinski definition) is 1. The summed E-state index contributed by atoms with van der Waals surface area (Å²) in [7, 11) is 0. The third-order valence-corrected chi connectivity index (χ3v) is 5.64. The summed E-state index contributed by atoms with van der Waals surface area (Å²) in [6, 6.07) is 1.57. The maximum atomic E-state index is 3.88. The van der Waals surface area contributed by atoms with Crippen molar-refractivity contribution >= 4 is 0 Å². The Morgan fingerprint density at radius 2 is 1.95 bits per heavy atom. The molecule has 2 nitrogen and oxygen atoms in total. The molecule has 0 aromatic carbocycles. The molecule has 2 unspecified atom stereocenters. The molecule has 0 aromatic heterocycles. The lowest BCUT2D eigenvalue weighted by Gasteiger charge is -2.43. The SMILES string of the molecule is CC(C)N1CCCC1CCC1(C(C)C)CCCCN1. The van der Waals surface area contributed by atoms with E-state index in [1.807, 2.05) is 0 Å². The fraction of sp³-hybridized carbons (Fsp3) is 1.00. The van der Waals surface area contributed by atoms with Crippen molar-refractivity contribution in [1.29, 1.82) is 0 Å². The zero-order valence-corrected chi connectivity index (χ0v) is 13.5. The van der Waals surface area contributed by atoms with Crippen LogP contribution in [0.4, 0.5) is 0 Å². The topological polar surface area (TPSA) is 15.3 Å². The van der Waals surface area contributed by atoms with Gasteiger partial charge in [-0.1, -0.05) is 20.3 Å². The van der Waals surface area contributed by atoms with Gasteiger partial charge in [-0.05, 0) is 71.4 Å². The van der Waals surface area contributed by atoms with Gasteiger partial charge in [0.2, 0.25) is 0 Å². The molecule has 112 valence electrons. The Kier molecular flexibility index (Phi) is 5.30. The Bertz CT molecular complexity index is 266. The van der Waals surface area contributed by atoms with Crippen LogP contribution in [0, 0.1) is 5.92 Å². The van der Waals surface area contributed by atoms with Gasteiger partial charge in [0.05, 0.1) is 0 Å². The normalized spacial score (nSPS) is 33.5. The zero-order chi connectivity index (χ0) is 13.9. The number of hydrogen-bond acceptors (Lipinski definition) is 2. The van der Waals surface area contributed by atoms with E-state index in [4.69, 9.17) is 0 Å². The second-order valence-corrected chi connectivity index (χ2v) is 7.36. The van der Waals surface area contributed by atoms with Crippen molar-refractivity contribution in [3.05, 3.63) is 0 Å². The number of rotatable bonds is 5. The van der Waals surface area contributed by atoms with Crippen LogP contribution in [0.5, 0.6) is 0 Å². The van der Waals surface area contributed by atoms with Crippen molar-refractivity contribution in [3.63, 3.8) is 0 Å². The van der Waals surface area contributed by atoms with Gasteiger partial charge in [-0.15, -0.1) is 0 Å². The first-order chi connectivity index (χ1) is 9.05. The van der Waals surface area contributed by atoms with Gasteiger partial charge in [0, 0.05) is 17.6 Å². The highest BCUT2D eigenvalue weighted by molar-refractivity contribution is 4.95. The predicted octanol–water partition coefficient (Wildman–Crippen LogP) is 3.81. The van der Waals surface area contributed by atoms with Crippen molar-refractivity contribution in [2.45, 2.75) is 90.3 Å². The van der Waals surface area contributed by atoms with Crippen molar-refractivity contribution in [3.8, 4) is 0 Å². The van der Waals surface area contributed by atoms with Gasteiger partial charge in [0.25, 0.3) is 0 Å². The molecular formula is C17H34N2. The van der Waals surface area contributed by atoms with Gasteiger partial charge in [0.1, 0.15) is 0 Å². The first-order valence-electron chi connectivity index (χ1n) is 8.56. The molecule has 0 bridgehead atoms. The molecule has 0 amide bonds. The summed E-state index contributed by atoms with van der Waals surface area (Å²) in [5, 5.41) is 3.88. The smallest absolute Gasteiger partial charge is 0.0205 e. The zero-order valence-electron chi connectivity index (χ0n) is 13.5. The van der Waals surface area contributed by atoms with Gasteiger partial charge in [-0.25, -0.2) is 0 Å². The highest BCUT2D eigenvalue weighted by Crippen LogP contribution is 2.34. The van der Waals surface area contributed by atoms with E-state index in [0.717, 1.165) is 18.0 Å². The summed E-state index contributed by atoms with van der Waals surface area (Å²) >= 11 is 0. The van der Waals surface area contributed by atoms with Crippen LogP contribution in [0.2, 0.25) is 0 Å². The van der Waals surface area contributed by atoms with Crippen molar-refractivity contribution < 1.29 is 0 Å². The number of nitrogens with one attached hydrogen (secondary N) is 1. The average molecular weight is 266 g/mol. The quantitative estimate of drug-likeness (QED) is 0.814. The second-order valence-electron chi connectivity index (χ2n) is 7.36. The number of nitrogens with zero attached hydrogens (tertiary/aromatic N) is 1. The minimum Gasteiger partial charge on any atom is -0.311 e. The summed E-state index contributed by atoms with van der Waals surface area (Å²) in [6.07, 6.45) is 9.78. The monoisotopic (exact) mass is 266 g/mol. The standard InChI is InChI=1S/C17H34N2/c1-14(2)17(10-5-6-12-18-17)11-9-16-8-7-13-19(16)15(3)4/h14-16,18H,5-13H2,1-4H3. The third kappa shape index (κ3) is 3.52. The van der Waals surface area contributed by atoms with Crippen LogP contribution in [-0.4, -0.2) is 35.6 Å². The summed E-state index contributed by atoms with van der Waals surface area (Å²) in [6.45, 7) is 12.1. The number of piperidine rings is 1. The first kappa shape index (κ1) is 15.3. The molecule has 2 saturated heterocycles. The Morgan fingerprint density at radius 3 is 2.53 bits per heavy atom. The van der Waals surface area contributed by atoms with Crippen molar-refractivity contribution in [1.82, 2.24) is 10.2 Å². The largest absolute Gasteiger partial charge is 0.311 e. The fourth-order valence-electron chi connectivity index (χ4n) is 4.26.